The smallest absolute Gasteiger partial charge is 0.270 e. The Hall–Kier alpha value is -2.50. The zero-order chi connectivity index (χ0) is 14.0. The minimum atomic E-state index is -0.477. The highest BCUT2D eigenvalue weighted by atomic mass is 16.6. The second kappa shape index (κ2) is 5.01. The summed E-state index contributed by atoms with van der Waals surface area (Å²) in [7, 11) is 0. The van der Waals surface area contributed by atoms with Crippen LogP contribution >= 0.6 is 0 Å². The van der Waals surface area contributed by atoms with E-state index in [1.54, 1.807) is 12.1 Å². The van der Waals surface area contributed by atoms with E-state index in [1.165, 1.54) is 18.2 Å². The highest BCUT2D eigenvalue weighted by molar-refractivity contribution is 5.59. The van der Waals surface area contributed by atoms with Crippen molar-refractivity contribution in [3.63, 3.8) is 0 Å². The molecule has 1 aromatic carbocycles. The van der Waals surface area contributed by atoms with Gasteiger partial charge < -0.3 is 5.11 Å². The predicted octanol–water partition coefficient (Wildman–Crippen LogP) is 2.88. The normalized spacial score (nSPS) is 10.7. The summed E-state index contributed by atoms with van der Waals surface area (Å²) in [6.07, 6.45) is 0. The molecular formula is C13H13N3O3. The van der Waals surface area contributed by atoms with Crippen molar-refractivity contribution in [3.05, 3.63) is 46.1 Å². The van der Waals surface area contributed by atoms with E-state index in [1.807, 2.05) is 13.8 Å². The number of nitro benzene ring substituents is 1. The fraction of sp³-hybridized carbons (Fsp3) is 0.231. The highest BCUT2D eigenvalue weighted by Gasteiger charge is 2.12. The molecule has 0 radical (unpaired) electrons. The Balaban J connectivity index is 2.52. The summed E-state index contributed by atoms with van der Waals surface area (Å²) in [6.45, 7) is 3.89. The lowest BCUT2D eigenvalue weighted by Crippen LogP contribution is -1.98. The summed E-state index contributed by atoms with van der Waals surface area (Å²) in [6, 6.07) is 7.52. The Bertz CT molecular complexity index is 626. The molecule has 0 aliphatic heterocycles. The van der Waals surface area contributed by atoms with Gasteiger partial charge in [-0.3, -0.25) is 10.1 Å². The molecule has 6 heteroatoms. The van der Waals surface area contributed by atoms with Crippen molar-refractivity contribution in [2.24, 2.45) is 0 Å². The maximum Gasteiger partial charge on any atom is 0.270 e. The second-order valence-electron chi connectivity index (χ2n) is 4.44. The molecular weight excluding hydrogens is 246 g/mol. The van der Waals surface area contributed by atoms with Crippen molar-refractivity contribution in [3.8, 4) is 17.3 Å². The molecule has 1 aromatic heterocycles. The molecule has 0 saturated heterocycles. The van der Waals surface area contributed by atoms with E-state index in [9.17, 15) is 15.2 Å². The Labute approximate surface area is 109 Å². The van der Waals surface area contributed by atoms with Gasteiger partial charge >= 0.3 is 0 Å². The fourth-order valence-corrected chi connectivity index (χ4v) is 1.64. The largest absolute Gasteiger partial charge is 0.493 e. The lowest BCUT2D eigenvalue weighted by atomic mass is 10.1. The van der Waals surface area contributed by atoms with Crippen LogP contribution in [-0.4, -0.2) is 20.0 Å². The van der Waals surface area contributed by atoms with Gasteiger partial charge in [-0.15, -0.1) is 0 Å². The first-order chi connectivity index (χ1) is 8.97. The summed E-state index contributed by atoms with van der Waals surface area (Å²) in [4.78, 5) is 18.5. The molecule has 0 amide bonds. The van der Waals surface area contributed by atoms with E-state index in [0.717, 1.165) is 0 Å². The van der Waals surface area contributed by atoms with Gasteiger partial charge in [0.2, 0.25) is 5.88 Å². The molecule has 1 N–H and O–H groups in total. The van der Waals surface area contributed by atoms with Crippen molar-refractivity contribution in [1.29, 1.82) is 0 Å². The summed E-state index contributed by atoms with van der Waals surface area (Å²) >= 11 is 0. The Kier molecular flexibility index (Phi) is 3.41. The van der Waals surface area contributed by atoms with Crippen molar-refractivity contribution in [2.45, 2.75) is 19.8 Å². The van der Waals surface area contributed by atoms with E-state index in [4.69, 9.17) is 0 Å². The van der Waals surface area contributed by atoms with Crippen LogP contribution in [-0.2, 0) is 0 Å². The molecule has 0 aliphatic carbocycles. The third kappa shape index (κ3) is 2.85. The van der Waals surface area contributed by atoms with E-state index in [2.05, 4.69) is 9.97 Å². The minimum absolute atomic E-state index is 0.0319. The van der Waals surface area contributed by atoms with Gasteiger partial charge in [0.25, 0.3) is 5.69 Å². The molecule has 0 fully saturated rings. The maximum absolute atomic E-state index is 10.7. The average molecular weight is 259 g/mol. The van der Waals surface area contributed by atoms with Crippen molar-refractivity contribution in [1.82, 2.24) is 9.97 Å². The molecule has 0 aliphatic rings. The number of rotatable bonds is 3. The van der Waals surface area contributed by atoms with E-state index in [0.29, 0.717) is 11.3 Å². The Morgan fingerprint density at radius 2 is 2.00 bits per heavy atom. The first-order valence-corrected chi connectivity index (χ1v) is 5.80. The van der Waals surface area contributed by atoms with Crippen LogP contribution < -0.4 is 0 Å². The third-order valence-electron chi connectivity index (χ3n) is 2.64. The van der Waals surface area contributed by atoms with Crippen LogP contribution in [0.1, 0.15) is 25.5 Å². The van der Waals surface area contributed by atoms with Crippen molar-refractivity contribution in [2.75, 3.05) is 0 Å². The second-order valence-corrected chi connectivity index (χ2v) is 4.44. The molecule has 1 heterocycles. The number of benzene rings is 1. The topological polar surface area (TPSA) is 89.2 Å². The molecule has 19 heavy (non-hydrogen) atoms. The number of hydrogen-bond donors (Lipinski definition) is 1. The van der Waals surface area contributed by atoms with Crippen LogP contribution in [0.3, 0.4) is 0 Å². The summed E-state index contributed by atoms with van der Waals surface area (Å²) < 4.78 is 0. The number of aromatic nitrogens is 2. The number of nitrogens with zero attached hydrogens (tertiary/aromatic N) is 3. The Morgan fingerprint density at radius 3 is 2.63 bits per heavy atom. The maximum atomic E-state index is 10.7. The quantitative estimate of drug-likeness (QED) is 0.676. The molecule has 2 rings (SSSR count). The van der Waals surface area contributed by atoms with Crippen LogP contribution in [0.5, 0.6) is 5.88 Å². The zero-order valence-electron chi connectivity index (χ0n) is 10.6. The lowest BCUT2D eigenvalue weighted by molar-refractivity contribution is -0.384. The molecule has 6 nitrogen and oxygen atoms in total. The van der Waals surface area contributed by atoms with E-state index < -0.39 is 4.92 Å². The first kappa shape index (κ1) is 12.9. The third-order valence-corrected chi connectivity index (χ3v) is 2.64. The molecule has 2 aromatic rings. The summed E-state index contributed by atoms with van der Waals surface area (Å²) in [5.74, 6) is 0.277. The van der Waals surface area contributed by atoms with E-state index in [-0.39, 0.29) is 23.3 Å². The van der Waals surface area contributed by atoms with E-state index >= 15 is 0 Å². The van der Waals surface area contributed by atoms with Gasteiger partial charge in [0, 0.05) is 23.8 Å². The van der Waals surface area contributed by atoms with Crippen molar-refractivity contribution >= 4 is 5.69 Å². The average Bonchev–Trinajstić information content (AvgIpc) is 2.38. The fourth-order valence-electron chi connectivity index (χ4n) is 1.64. The highest BCUT2D eigenvalue weighted by Crippen LogP contribution is 2.24. The van der Waals surface area contributed by atoms with Gasteiger partial charge in [0.05, 0.1) is 10.6 Å². The molecule has 0 saturated carbocycles. The van der Waals surface area contributed by atoms with Gasteiger partial charge in [0.15, 0.2) is 5.82 Å². The van der Waals surface area contributed by atoms with Crippen LogP contribution in [0.15, 0.2) is 30.3 Å². The molecule has 0 unspecified atom stereocenters. The van der Waals surface area contributed by atoms with Crippen LogP contribution in [0.25, 0.3) is 11.4 Å². The van der Waals surface area contributed by atoms with Crippen molar-refractivity contribution < 1.29 is 10.0 Å². The number of nitro groups is 1. The molecule has 0 spiro atoms. The standard InChI is InChI=1S/C13H13N3O3/c1-8(2)11-7-12(17)15-13(14-11)9-4-3-5-10(6-9)16(18)19/h3-8H,1-2H3,(H,14,15,17). The SMILES string of the molecule is CC(C)c1cc(O)nc(-c2cccc([N+](=O)[O-])c2)n1. The first-order valence-electron chi connectivity index (χ1n) is 5.80. The number of aromatic hydroxyl groups is 1. The van der Waals surface area contributed by atoms with Gasteiger partial charge in [-0.05, 0) is 5.92 Å². The zero-order valence-corrected chi connectivity index (χ0v) is 10.6. The minimum Gasteiger partial charge on any atom is -0.493 e. The van der Waals surface area contributed by atoms with Crippen LogP contribution in [0.2, 0.25) is 0 Å². The van der Waals surface area contributed by atoms with Crippen LogP contribution in [0, 0.1) is 10.1 Å². The summed E-state index contributed by atoms with van der Waals surface area (Å²) in [5, 5.41) is 20.3. The van der Waals surface area contributed by atoms with Gasteiger partial charge in [-0.2, -0.15) is 4.98 Å². The van der Waals surface area contributed by atoms with Crippen LogP contribution in [0.4, 0.5) is 5.69 Å². The Morgan fingerprint density at radius 1 is 1.26 bits per heavy atom. The van der Waals surface area contributed by atoms with Gasteiger partial charge in [-0.1, -0.05) is 26.0 Å². The predicted molar refractivity (Wildman–Crippen MR) is 69.9 cm³/mol. The lowest BCUT2D eigenvalue weighted by Gasteiger charge is -2.07. The molecule has 0 atom stereocenters. The summed E-state index contributed by atoms with van der Waals surface area (Å²) in [5.41, 5.74) is 1.16. The monoisotopic (exact) mass is 259 g/mol. The number of hydrogen-bond acceptors (Lipinski definition) is 5. The molecule has 98 valence electrons. The van der Waals surface area contributed by atoms with Gasteiger partial charge in [-0.25, -0.2) is 4.98 Å². The van der Waals surface area contributed by atoms with Gasteiger partial charge in [0.1, 0.15) is 0 Å². The number of non-ortho nitro benzene ring substituents is 1. The molecule has 0 bridgehead atoms.